The van der Waals surface area contributed by atoms with Gasteiger partial charge in [-0.05, 0) is 55.5 Å². The van der Waals surface area contributed by atoms with E-state index in [0.717, 1.165) is 29.6 Å². The highest BCUT2D eigenvalue weighted by Crippen LogP contribution is 2.28. The number of aliphatic hydroxyl groups is 1. The molecular formula is C21H26N4O4. The van der Waals surface area contributed by atoms with E-state index in [2.05, 4.69) is 10.2 Å². The van der Waals surface area contributed by atoms with Crippen LogP contribution < -0.4 is 9.64 Å². The van der Waals surface area contributed by atoms with Crippen LogP contribution in [0.25, 0.3) is 17.1 Å². The molecule has 0 aliphatic rings. The van der Waals surface area contributed by atoms with Crippen molar-refractivity contribution in [3.05, 3.63) is 54.4 Å². The molecule has 1 heterocycles. The Labute approximate surface area is 170 Å². The van der Waals surface area contributed by atoms with Crippen molar-refractivity contribution in [3.8, 4) is 22.8 Å². The number of anilines is 1. The molecule has 3 rings (SSSR count). The van der Waals surface area contributed by atoms with Crippen molar-refractivity contribution in [2.75, 3.05) is 26.1 Å². The van der Waals surface area contributed by atoms with E-state index >= 15 is 0 Å². The summed E-state index contributed by atoms with van der Waals surface area (Å²) in [6.45, 7) is 2.77. The predicted molar refractivity (Wildman–Crippen MR) is 112 cm³/mol. The first kappa shape index (κ1) is 21.9. The molecule has 0 saturated carbocycles. The number of hydrogen-bond acceptors (Lipinski definition) is 6. The van der Waals surface area contributed by atoms with Crippen molar-refractivity contribution < 1.29 is 19.7 Å². The fourth-order valence-electron chi connectivity index (χ4n) is 2.65. The lowest BCUT2D eigenvalue weighted by atomic mass is 10.1. The van der Waals surface area contributed by atoms with Gasteiger partial charge in [-0.3, -0.25) is 9.36 Å². The maximum absolute atomic E-state index is 10.1. The van der Waals surface area contributed by atoms with E-state index in [9.17, 15) is 5.11 Å². The van der Waals surface area contributed by atoms with Crippen molar-refractivity contribution in [2.45, 2.75) is 20.0 Å². The molecule has 1 aromatic heterocycles. The molecule has 8 nitrogen and oxygen atoms in total. The summed E-state index contributed by atoms with van der Waals surface area (Å²) < 4.78 is 7.09. The lowest BCUT2D eigenvalue weighted by Crippen LogP contribution is -2.08. The lowest BCUT2D eigenvalue weighted by molar-refractivity contribution is -0.134. The highest BCUT2D eigenvalue weighted by atomic mass is 16.5. The van der Waals surface area contributed by atoms with Crippen LogP contribution in [0.2, 0.25) is 0 Å². The van der Waals surface area contributed by atoms with E-state index in [1.165, 1.54) is 0 Å². The molecule has 0 radical (unpaired) electrons. The Bertz CT molecular complexity index is 928. The Hall–Kier alpha value is -3.39. The van der Waals surface area contributed by atoms with Gasteiger partial charge >= 0.3 is 0 Å². The third-order valence-corrected chi connectivity index (χ3v) is 4.03. The third-order valence-electron chi connectivity index (χ3n) is 4.03. The van der Waals surface area contributed by atoms with Crippen LogP contribution in [-0.4, -0.2) is 52.2 Å². The molecule has 0 bridgehead atoms. The number of benzene rings is 2. The Morgan fingerprint density at radius 3 is 2.07 bits per heavy atom. The number of aliphatic carboxylic acids is 1. The Morgan fingerprint density at radius 1 is 1.07 bits per heavy atom. The van der Waals surface area contributed by atoms with Crippen molar-refractivity contribution in [1.29, 1.82) is 0 Å². The second-order valence-corrected chi connectivity index (χ2v) is 6.55. The van der Waals surface area contributed by atoms with Crippen molar-refractivity contribution in [1.82, 2.24) is 14.8 Å². The SMILES string of the molecule is CC(=O)O.COc1ccc(-n2c(-c3ccc(N(C)C)cc3)nnc2C(C)O)cc1. The molecule has 154 valence electrons. The Morgan fingerprint density at radius 2 is 1.62 bits per heavy atom. The van der Waals surface area contributed by atoms with Gasteiger partial charge < -0.3 is 19.8 Å². The van der Waals surface area contributed by atoms with Crippen LogP contribution in [-0.2, 0) is 4.79 Å². The Kier molecular flexibility index (Phi) is 7.33. The molecule has 0 aliphatic heterocycles. The first-order valence-electron chi connectivity index (χ1n) is 8.99. The summed E-state index contributed by atoms with van der Waals surface area (Å²) in [6.07, 6.45) is -0.732. The fraction of sp³-hybridized carbons (Fsp3) is 0.286. The second-order valence-electron chi connectivity index (χ2n) is 6.55. The number of methoxy groups -OCH3 is 1. The molecule has 0 aliphatic carbocycles. The second kappa shape index (κ2) is 9.70. The summed E-state index contributed by atoms with van der Waals surface area (Å²) in [5.41, 5.74) is 2.91. The quantitative estimate of drug-likeness (QED) is 0.681. The molecule has 0 amide bonds. The molecule has 2 aromatic carbocycles. The molecule has 0 spiro atoms. The van der Waals surface area contributed by atoms with E-state index in [4.69, 9.17) is 14.6 Å². The van der Waals surface area contributed by atoms with Crippen LogP contribution in [0.1, 0.15) is 25.8 Å². The number of ether oxygens (including phenoxy) is 1. The van der Waals surface area contributed by atoms with Crippen LogP contribution in [0.5, 0.6) is 5.75 Å². The maximum atomic E-state index is 10.1. The highest BCUT2D eigenvalue weighted by Gasteiger charge is 2.19. The van der Waals surface area contributed by atoms with Gasteiger partial charge in [-0.15, -0.1) is 10.2 Å². The lowest BCUT2D eigenvalue weighted by Gasteiger charge is -2.14. The molecule has 29 heavy (non-hydrogen) atoms. The number of hydrogen-bond donors (Lipinski definition) is 2. The maximum Gasteiger partial charge on any atom is 0.300 e. The smallest absolute Gasteiger partial charge is 0.300 e. The van der Waals surface area contributed by atoms with Crippen molar-refractivity contribution in [3.63, 3.8) is 0 Å². The van der Waals surface area contributed by atoms with Gasteiger partial charge in [-0.2, -0.15) is 0 Å². The molecule has 0 fully saturated rings. The fourth-order valence-corrected chi connectivity index (χ4v) is 2.65. The van der Waals surface area contributed by atoms with Crippen LogP contribution in [0.4, 0.5) is 5.69 Å². The average molecular weight is 398 g/mol. The van der Waals surface area contributed by atoms with Gasteiger partial charge in [0.05, 0.1) is 7.11 Å². The minimum atomic E-state index is -0.833. The van der Waals surface area contributed by atoms with E-state index in [0.29, 0.717) is 11.6 Å². The monoisotopic (exact) mass is 398 g/mol. The van der Waals surface area contributed by atoms with Gasteiger partial charge in [0.15, 0.2) is 11.6 Å². The van der Waals surface area contributed by atoms with Gasteiger partial charge in [0.25, 0.3) is 5.97 Å². The van der Waals surface area contributed by atoms with Crippen LogP contribution >= 0.6 is 0 Å². The van der Waals surface area contributed by atoms with E-state index < -0.39 is 12.1 Å². The number of carboxylic acids is 1. The van der Waals surface area contributed by atoms with E-state index in [1.54, 1.807) is 14.0 Å². The van der Waals surface area contributed by atoms with Gasteiger partial charge in [0.1, 0.15) is 11.9 Å². The van der Waals surface area contributed by atoms with Crippen LogP contribution in [0.3, 0.4) is 0 Å². The summed E-state index contributed by atoms with van der Waals surface area (Å²) in [6, 6.07) is 15.7. The first-order valence-corrected chi connectivity index (χ1v) is 8.99. The normalized spacial score (nSPS) is 11.2. The molecule has 1 atom stereocenters. The zero-order valence-corrected chi connectivity index (χ0v) is 17.2. The summed E-state index contributed by atoms with van der Waals surface area (Å²) in [5.74, 6) is 1.12. The number of aromatic nitrogens is 3. The number of aliphatic hydroxyl groups excluding tert-OH is 1. The Balaban J connectivity index is 0.000000687. The molecule has 8 heteroatoms. The first-order chi connectivity index (χ1) is 13.7. The number of carbonyl (C=O) groups is 1. The van der Waals surface area contributed by atoms with Gasteiger partial charge in [0.2, 0.25) is 0 Å². The van der Waals surface area contributed by atoms with E-state index in [-0.39, 0.29) is 0 Å². The average Bonchev–Trinajstić information content (AvgIpc) is 3.13. The molecule has 0 saturated heterocycles. The van der Waals surface area contributed by atoms with Crippen LogP contribution in [0.15, 0.2) is 48.5 Å². The minimum Gasteiger partial charge on any atom is -0.497 e. The summed E-state index contributed by atoms with van der Waals surface area (Å²) in [4.78, 5) is 11.0. The largest absolute Gasteiger partial charge is 0.497 e. The zero-order valence-electron chi connectivity index (χ0n) is 17.2. The van der Waals surface area contributed by atoms with Crippen molar-refractivity contribution >= 4 is 11.7 Å². The summed E-state index contributed by atoms with van der Waals surface area (Å²) >= 11 is 0. The van der Waals surface area contributed by atoms with Crippen molar-refractivity contribution in [2.24, 2.45) is 0 Å². The zero-order chi connectivity index (χ0) is 21.6. The number of carboxylic acid groups (broad SMARTS) is 1. The topological polar surface area (TPSA) is 101 Å². The standard InChI is InChI=1S/C19H22N4O2.C2H4O2/c1-13(24)18-20-21-19(14-5-7-15(8-6-14)22(2)3)23(18)16-9-11-17(25-4)12-10-16;1-2(3)4/h5-13,24H,1-4H3;1H3,(H,3,4). The van der Waals surface area contributed by atoms with Gasteiger partial charge in [0, 0.05) is 38.0 Å². The van der Waals surface area contributed by atoms with E-state index in [1.807, 2.05) is 72.1 Å². The predicted octanol–water partition coefficient (Wildman–Crippen LogP) is 3.15. The number of nitrogens with zero attached hydrogens (tertiary/aromatic N) is 4. The third kappa shape index (κ3) is 5.55. The minimum absolute atomic E-state index is 0.497. The van der Waals surface area contributed by atoms with Gasteiger partial charge in [-0.25, -0.2) is 0 Å². The van der Waals surface area contributed by atoms with Crippen LogP contribution in [0, 0.1) is 0 Å². The molecular weight excluding hydrogens is 372 g/mol. The molecule has 2 N–H and O–H groups in total. The molecule has 1 unspecified atom stereocenters. The summed E-state index contributed by atoms with van der Waals surface area (Å²) in [5, 5.41) is 26.0. The summed E-state index contributed by atoms with van der Waals surface area (Å²) in [7, 11) is 5.63. The number of rotatable bonds is 5. The molecule has 3 aromatic rings. The highest BCUT2D eigenvalue weighted by molar-refractivity contribution is 5.63. The van der Waals surface area contributed by atoms with Gasteiger partial charge in [-0.1, -0.05) is 0 Å².